The fourth-order valence-electron chi connectivity index (χ4n) is 3.32. The molecule has 0 atom stereocenters. The maximum Gasteiger partial charge on any atom is 0.417 e. The van der Waals surface area contributed by atoms with Gasteiger partial charge in [-0.3, -0.25) is 9.20 Å². The summed E-state index contributed by atoms with van der Waals surface area (Å²) >= 11 is 0. The van der Waals surface area contributed by atoms with E-state index in [0.29, 0.717) is 16.6 Å². The highest BCUT2D eigenvalue weighted by Gasteiger charge is 2.31. The van der Waals surface area contributed by atoms with Crippen molar-refractivity contribution in [3.63, 3.8) is 0 Å². The van der Waals surface area contributed by atoms with Crippen LogP contribution in [0.5, 0.6) is 0 Å². The number of hydrogen-bond donors (Lipinski definition) is 1. The quantitative estimate of drug-likeness (QED) is 0.523. The predicted molar refractivity (Wildman–Crippen MR) is 107 cm³/mol. The Hall–Kier alpha value is -3.56. The molecule has 0 aliphatic heterocycles. The van der Waals surface area contributed by atoms with E-state index in [0.717, 1.165) is 36.5 Å². The number of benzene rings is 1. The van der Waals surface area contributed by atoms with Gasteiger partial charge in [0.1, 0.15) is 0 Å². The zero-order chi connectivity index (χ0) is 22.2. The number of carbonyl (C=O) groups is 1. The largest absolute Gasteiger partial charge is 0.417 e. The predicted octanol–water partition coefficient (Wildman–Crippen LogP) is 3.75. The second-order valence-corrected chi connectivity index (χ2v) is 6.97. The van der Waals surface area contributed by atoms with Gasteiger partial charge >= 0.3 is 6.18 Å². The Labute approximate surface area is 175 Å². The van der Waals surface area contributed by atoms with Crippen molar-refractivity contribution < 1.29 is 18.0 Å². The first-order valence-electron chi connectivity index (χ1n) is 9.78. The summed E-state index contributed by atoms with van der Waals surface area (Å²) in [7, 11) is 0. The topological polar surface area (TPSA) is 85.1 Å². The molecule has 0 unspecified atom stereocenters. The van der Waals surface area contributed by atoms with E-state index in [4.69, 9.17) is 0 Å². The number of pyridine rings is 1. The minimum Gasteiger partial charge on any atom is -0.345 e. The average Bonchev–Trinajstić information content (AvgIpc) is 3.17. The Morgan fingerprint density at radius 3 is 2.39 bits per heavy atom. The number of halogens is 3. The monoisotopic (exact) mass is 428 g/mol. The van der Waals surface area contributed by atoms with Crippen LogP contribution in [0.3, 0.4) is 0 Å². The fraction of sp³-hybridized carbons (Fsp3) is 0.286. The molecule has 31 heavy (non-hydrogen) atoms. The van der Waals surface area contributed by atoms with E-state index in [1.807, 2.05) is 13.8 Å². The third kappa shape index (κ3) is 4.05. The van der Waals surface area contributed by atoms with Gasteiger partial charge in [-0.25, -0.2) is 9.97 Å². The highest BCUT2D eigenvalue weighted by Crippen LogP contribution is 2.29. The zero-order valence-corrected chi connectivity index (χ0v) is 16.9. The maximum absolute atomic E-state index is 13.0. The van der Waals surface area contributed by atoms with Crippen LogP contribution in [0.15, 0.2) is 36.5 Å². The highest BCUT2D eigenvalue weighted by molar-refractivity contribution is 5.97. The van der Waals surface area contributed by atoms with Crippen LogP contribution < -0.4 is 5.32 Å². The number of aryl methyl sites for hydroxylation is 2. The lowest BCUT2D eigenvalue weighted by molar-refractivity contribution is -0.137. The first kappa shape index (κ1) is 20.7. The van der Waals surface area contributed by atoms with Gasteiger partial charge in [0, 0.05) is 11.8 Å². The first-order chi connectivity index (χ1) is 14.8. The molecule has 1 amide bonds. The summed E-state index contributed by atoms with van der Waals surface area (Å²) in [5.74, 6) is -0.207. The molecule has 0 bridgehead atoms. The van der Waals surface area contributed by atoms with Crippen molar-refractivity contribution in [3.05, 3.63) is 64.9 Å². The lowest BCUT2D eigenvalue weighted by Gasteiger charge is -2.09. The third-order valence-corrected chi connectivity index (χ3v) is 4.96. The van der Waals surface area contributed by atoms with E-state index in [2.05, 4.69) is 25.5 Å². The standard InChI is InChI=1S/C21H19F3N6O/c1-3-14-15(4-2)27-17-9-12(5-7-16(17)26-14)20(31)25-10-19-29-28-18-8-6-13(11-30(18)19)21(22,23)24/h5-9,11H,3-4,10H2,1-2H3,(H,25,31). The summed E-state index contributed by atoms with van der Waals surface area (Å²) in [4.78, 5) is 21.8. The van der Waals surface area contributed by atoms with Gasteiger partial charge in [-0.2, -0.15) is 13.2 Å². The molecule has 0 fully saturated rings. The van der Waals surface area contributed by atoms with Crippen LogP contribution in [0.4, 0.5) is 13.2 Å². The number of amides is 1. The number of rotatable bonds is 5. The molecular formula is C21H19F3N6O. The number of aromatic nitrogens is 5. The second kappa shape index (κ2) is 7.93. The van der Waals surface area contributed by atoms with Gasteiger partial charge in [0.05, 0.1) is 34.5 Å². The Morgan fingerprint density at radius 1 is 1.00 bits per heavy atom. The lowest BCUT2D eigenvalue weighted by Crippen LogP contribution is -2.24. The van der Waals surface area contributed by atoms with Gasteiger partial charge < -0.3 is 5.32 Å². The lowest BCUT2D eigenvalue weighted by atomic mass is 10.1. The summed E-state index contributed by atoms with van der Waals surface area (Å²) in [5, 5.41) is 10.4. The van der Waals surface area contributed by atoms with Crippen LogP contribution in [-0.2, 0) is 25.6 Å². The van der Waals surface area contributed by atoms with Crippen molar-refractivity contribution >= 4 is 22.6 Å². The fourth-order valence-corrected chi connectivity index (χ4v) is 3.32. The second-order valence-electron chi connectivity index (χ2n) is 6.97. The third-order valence-electron chi connectivity index (χ3n) is 4.96. The smallest absolute Gasteiger partial charge is 0.345 e. The number of fused-ring (bicyclic) bond motifs is 2. The molecule has 1 N–H and O–H groups in total. The summed E-state index contributed by atoms with van der Waals surface area (Å²) < 4.78 is 40.2. The SMILES string of the molecule is CCc1nc2ccc(C(=O)NCc3nnc4ccc(C(F)(F)F)cn34)cc2nc1CC. The van der Waals surface area contributed by atoms with Crippen LogP contribution in [0.1, 0.15) is 47.0 Å². The van der Waals surface area contributed by atoms with Crippen LogP contribution in [0.2, 0.25) is 0 Å². The molecule has 3 heterocycles. The first-order valence-corrected chi connectivity index (χ1v) is 9.78. The number of carbonyl (C=O) groups excluding carboxylic acids is 1. The normalized spacial score (nSPS) is 11.9. The molecule has 4 rings (SSSR count). The molecule has 3 aromatic heterocycles. The molecule has 0 aliphatic carbocycles. The molecule has 4 aromatic rings. The minimum atomic E-state index is -4.49. The van der Waals surface area contributed by atoms with E-state index in [9.17, 15) is 18.0 Å². The van der Waals surface area contributed by atoms with Crippen molar-refractivity contribution in [3.8, 4) is 0 Å². The number of alkyl halides is 3. The number of nitrogens with one attached hydrogen (secondary N) is 1. The Kier molecular flexibility index (Phi) is 5.30. The maximum atomic E-state index is 13.0. The van der Waals surface area contributed by atoms with Gasteiger partial charge in [-0.1, -0.05) is 13.8 Å². The van der Waals surface area contributed by atoms with Crippen molar-refractivity contribution in [1.29, 1.82) is 0 Å². The Bertz CT molecular complexity index is 1280. The Balaban J connectivity index is 1.56. The summed E-state index contributed by atoms with van der Waals surface area (Å²) in [6.07, 6.45) is -2.06. The minimum absolute atomic E-state index is 0.0833. The van der Waals surface area contributed by atoms with Crippen LogP contribution >= 0.6 is 0 Å². The van der Waals surface area contributed by atoms with Gasteiger partial charge in [0.15, 0.2) is 11.5 Å². The molecule has 0 saturated carbocycles. The van der Waals surface area contributed by atoms with Crippen LogP contribution in [0, 0.1) is 0 Å². The molecule has 0 aliphatic rings. The van der Waals surface area contributed by atoms with Gasteiger partial charge in [0.25, 0.3) is 5.91 Å². The molecule has 0 saturated heterocycles. The molecular weight excluding hydrogens is 409 g/mol. The van der Waals surface area contributed by atoms with E-state index in [1.165, 1.54) is 10.5 Å². The summed E-state index contributed by atoms with van der Waals surface area (Å²) in [5.41, 5.74) is 2.96. The van der Waals surface area contributed by atoms with E-state index >= 15 is 0 Å². The van der Waals surface area contributed by atoms with Crippen LogP contribution in [-0.4, -0.2) is 30.5 Å². The van der Waals surface area contributed by atoms with Crippen LogP contribution in [0.25, 0.3) is 16.7 Å². The zero-order valence-electron chi connectivity index (χ0n) is 16.9. The molecule has 1 aromatic carbocycles. The van der Waals surface area contributed by atoms with E-state index < -0.39 is 17.6 Å². The number of hydrogen-bond acceptors (Lipinski definition) is 5. The van der Waals surface area contributed by atoms with Gasteiger partial charge in [-0.15, -0.1) is 10.2 Å². The molecule has 0 radical (unpaired) electrons. The Morgan fingerprint density at radius 2 is 1.71 bits per heavy atom. The van der Waals surface area contributed by atoms with Crippen molar-refractivity contribution in [2.75, 3.05) is 0 Å². The summed E-state index contributed by atoms with van der Waals surface area (Å²) in [6, 6.07) is 7.20. The van der Waals surface area contributed by atoms with E-state index in [1.54, 1.807) is 18.2 Å². The van der Waals surface area contributed by atoms with Gasteiger partial charge in [-0.05, 0) is 43.2 Å². The van der Waals surface area contributed by atoms with Crippen molar-refractivity contribution in [1.82, 2.24) is 29.9 Å². The number of nitrogens with zero attached hydrogens (tertiary/aromatic N) is 5. The van der Waals surface area contributed by atoms with Gasteiger partial charge in [0.2, 0.25) is 0 Å². The highest BCUT2D eigenvalue weighted by atomic mass is 19.4. The molecule has 0 spiro atoms. The van der Waals surface area contributed by atoms with E-state index in [-0.39, 0.29) is 18.0 Å². The van der Waals surface area contributed by atoms with Crippen molar-refractivity contribution in [2.45, 2.75) is 39.4 Å². The van der Waals surface area contributed by atoms with Crippen molar-refractivity contribution in [2.24, 2.45) is 0 Å². The molecule has 7 nitrogen and oxygen atoms in total. The summed E-state index contributed by atoms with van der Waals surface area (Å²) in [6.45, 7) is 3.93. The average molecular weight is 428 g/mol. The molecule has 160 valence electrons. The molecule has 10 heteroatoms.